The Morgan fingerprint density at radius 2 is 1.79 bits per heavy atom. The number of carbonyl (C=O) groups excluding carboxylic acids is 1. The van der Waals surface area contributed by atoms with Crippen molar-refractivity contribution in [3.8, 4) is 5.75 Å². The molecule has 0 bridgehead atoms. The molecular formula is C23H20F2N2O2. The first-order valence-electron chi connectivity index (χ1n) is 9.34. The van der Waals surface area contributed by atoms with Crippen LogP contribution in [0.5, 0.6) is 5.75 Å². The van der Waals surface area contributed by atoms with Crippen LogP contribution < -0.4 is 10.2 Å². The van der Waals surface area contributed by atoms with Gasteiger partial charge in [0.1, 0.15) is 5.75 Å². The van der Waals surface area contributed by atoms with Crippen molar-refractivity contribution in [3.05, 3.63) is 89.5 Å². The van der Waals surface area contributed by atoms with Crippen LogP contribution in [-0.4, -0.2) is 17.1 Å². The number of para-hydroxylation sites is 1. The third kappa shape index (κ3) is 3.53. The molecule has 4 rings (SSSR count). The first-order chi connectivity index (χ1) is 14.0. The van der Waals surface area contributed by atoms with Crippen LogP contribution in [0.15, 0.2) is 66.7 Å². The number of phenols is 1. The van der Waals surface area contributed by atoms with E-state index in [4.69, 9.17) is 0 Å². The second-order valence-corrected chi connectivity index (χ2v) is 7.13. The highest BCUT2D eigenvalue weighted by Gasteiger charge is 2.40. The molecule has 6 heteroatoms. The monoisotopic (exact) mass is 394 g/mol. The van der Waals surface area contributed by atoms with Gasteiger partial charge in [0, 0.05) is 24.0 Å². The van der Waals surface area contributed by atoms with Crippen molar-refractivity contribution in [1.29, 1.82) is 0 Å². The van der Waals surface area contributed by atoms with E-state index < -0.39 is 17.6 Å². The van der Waals surface area contributed by atoms with Gasteiger partial charge >= 0.3 is 0 Å². The van der Waals surface area contributed by atoms with E-state index in [0.717, 1.165) is 29.1 Å². The minimum atomic E-state index is -0.948. The van der Waals surface area contributed by atoms with Gasteiger partial charge in [0.05, 0.1) is 5.92 Å². The van der Waals surface area contributed by atoms with E-state index in [0.29, 0.717) is 5.56 Å². The minimum Gasteiger partial charge on any atom is -0.508 e. The molecule has 3 aromatic rings. The number of amides is 1. The number of hydrogen-bond acceptors (Lipinski definition) is 3. The Balaban J connectivity index is 1.62. The number of anilines is 2. The average molecular weight is 394 g/mol. The van der Waals surface area contributed by atoms with Crippen molar-refractivity contribution in [3.63, 3.8) is 0 Å². The van der Waals surface area contributed by atoms with E-state index in [1.165, 1.54) is 6.07 Å². The molecule has 4 nitrogen and oxygen atoms in total. The minimum absolute atomic E-state index is 0.0821. The molecule has 1 aliphatic rings. The molecule has 0 fully saturated rings. The second-order valence-electron chi connectivity index (χ2n) is 7.13. The molecule has 0 saturated carbocycles. The zero-order valence-electron chi connectivity index (χ0n) is 15.8. The molecule has 148 valence electrons. The number of benzene rings is 3. The van der Waals surface area contributed by atoms with Crippen molar-refractivity contribution < 1.29 is 18.7 Å². The first-order valence-corrected chi connectivity index (χ1v) is 9.34. The number of phenolic OH excluding ortho intramolecular Hbond substituents is 1. The summed E-state index contributed by atoms with van der Waals surface area (Å²) in [6, 6.07) is 18.1. The summed E-state index contributed by atoms with van der Waals surface area (Å²) in [5, 5.41) is 12.8. The van der Waals surface area contributed by atoms with Gasteiger partial charge in [-0.3, -0.25) is 4.79 Å². The number of nitrogens with one attached hydrogen (secondary N) is 1. The average Bonchev–Trinajstić information content (AvgIpc) is 3.00. The number of hydrogen-bond donors (Lipinski definition) is 2. The number of halogens is 2. The Bertz CT molecular complexity index is 1060. The lowest BCUT2D eigenvalue weighted by atomic mass is 9.94. The fourth-order valence-electron chi connectivity index (χ4n) is 3.91. The molecule has 0 radical (unpaired) electrons. The Morgan fingerprint density at radius 3 is 2.52 bits per heavy atom. The molecule has 1 amide bonds. The molecule has 2 unspecified atom stereocenters. The van der Waals surface area contributed by atoms with Gasteiger partial charge in [0.15, 0.2) is 11.6 Å². The molecule has 0 spiro atoms. The Morgan fingerprint density at radius 1 is 1.03 bits per heavy atom. The maximum Gasteiger partial charge on any atom is 0.229 e. The van der Waals surface area contributed by atoms with Crippen molar-refractivity contribution in [2.45, 2.75) is 25.4 Å². The van der Waals surface area contributed by atoms with Crippen LogP contribution in [0, 0.1) is 11.6 Å². The highest BCUT2D eigenvalue weighted by molar-refractivity contribution is 5.91. The van der Waals surface area contributed by atoms with E-state index in [9.17, 15) is 18.7 Å². The molecule has 0 aromatic heterocycles. The predicted molar refractivity (Wildman–Crippen MR) is 107 cm³/mol. The summed E-state index contributed by atoms with van der Waals surface area (Å²) in [4.78, 5) is 15.1. The SMILES string of the molecule is CC1C(C(=O)NCc2ccc(F)c(F)c2)c2cc(O)ccc2N1c1ccccc1. The van der Waals surface area contributed by atoms with Gasteiger partial charge in [-0.25, -0.2) is 8.78 Å². The lowest BCUT2D eigenvalue weighted by Gasteiger charge is -2.27. The smallest absolute Gasteiger partial charge is 0.229 e. The first kappa shape index (κ1) is 18.9. The highest BCUT2D eigenvalue weighted by Crippen LogP contribution is 2.46. The maximum atomic E-state index is 13.4. The number of nitrogens with zero attached hydrogens (tertiary/aromatic N) is 1. The summed E-state index contributed by atoms with van der Waals surface area (Å²) in [6.45, 7) is 2.03. The summed E-state index contributed by atoms with van der Waals surface area (Å²) in [7, 11) is 0. The highest BCUT2D eigenvalue weighted by atomic mass is 19.2. The van der Waals surface area contributed by atoms with Crippen LogP contribution in [0.25, 0.3) is 0 Å². The molecule has 0 aliphatic carbocycles. The van der Waals surface area contributed by atoms with Crippen molar-refractivity contribution in [1.82, 2.24) is 5.32 Å². The van der Waals surface area contributed by atoms with Gasteiger partial charge in [-0.05, 0) is 60.5 Å². The van der Waals surface area contributed by atoms with Crippen molar-refractivity contribution in [2.75, 3.05) is 4.90 Å². The molecule has 1 aliphatic heterocycles. The molecule has 0 saturated heterocycles. The van der Waals surface area contributed by atoms with Crippen LogP contribution in [0.4, 0.5) is 20.2 Å². The van der Waals surface area contributed by atoms with E-state index in [1.807, 2.05) is 37.3 Å². The summed E-state index contributed by atoms with van der Waals surface area (Å²) < 4.78 is 26.5. The zero-order valence-corrected chi connectivity index (χ0v) is 15.8. The van der Waals surface area contributed by atoms with Crippen molar-refractivity contribution in [2.24, 2.45) is 0 Å². The largest absolute Gasteiger partial charge is 0.508 e. The van der Waals surface area contributed by atoms with E-state index in [2.05, 4.69) is 10.2 Å². The summed E-state index contributed by atoms with van der Waals surface area (Å²) in [5.41, 5.74) is 3.00. The second kappa shape index (κ2) is 7.54. The van der Waals surface area contributed by atoms with E-state index in [-0.39, 0.29) is 24.2 Å². The van der Waals surface area contributed by atoms with Crippen LogP contribution >= 0.6 is 0 Å². The topological polar surface area (TPSA) is 52.6 Å². The van der Waals surface area contributed by atoms with Crippen LogP contribution in [0.2, 0.25) is 0 Å². The van der Waals surface area contributed by atoms with Gasteiger partial charge in [0.2, 0.25) is 5.91 Å². The number of rotatable bonds is 4. The molecule has 29 heavy (non-hydrogen) atoms. The zero-order chi connectivity index (χ0) is 20.5. The van der Waals surface area contributed by atoms with Gasteiger partial charge in [-0.2, -0.15) is 0 Å². The van der Waals surface area contributed by atoms with E-state index in [1.54, 1.807) is 18.2 Å². The molecule has 3 aromatic carbocycles. The fraction of sp³-hybridized carbons (Fsp3) is 0.174. The summed E-state index contributed by atoms with van der Waals surface area (Å²) in [6.07, 6.45) is 0. The third-order valence-electron chi connectivity index (χ3n) is 5.26. The quantitative estimate of drug-likeness (QED) is 0.679. The van der Waals surface area contributed by atoms with Crippen LogP contribution in [-0.2, 0) is 11.3 Å². The predicted octanol–water partition coefficient (Wildman–Crippen LogP) is 4.61. The number of carbonyl (C=O) groups is 1. The lowest BCUT2D eigenvalue weighted by molar-refractivity contribution is -0.122. The van der Waals surface area contributed by atoms with Crippen LogP contribution in [0.3, 0.4) is 0 Å². The summed E-state index contributed by atoms with van der Waals surface area (Å²) >= 11 is 0. The van der Waals surface area contributed by atoms with Crippen molar-refractivity contribution >= 4 is 17.3 Å². The number of aromatic hydroxyl groups is 1. The van der Waals surface area contributed by atoms with Gasteiger partial charge in [-0.1, -0.05) is 24.3 Å². The Hall–Kier alpha value is -3.41. The van der Waals surface area contributed by atoms with Gasteiger partial charge < -0.3 is 15.3 Å². The number of fused-ring (bicyclic) bond motifs is 1. The molecule has 1 heterocycles. The van der Waals surface area contributed by atoms with E-state index >= 15 is 0 Å². The summed E-state index contributed by atoms with van der Waals surface area (Å²) in [5.74, 6) is -2.55. The molecule has 2 atom stereocenters. The normalized spacial score (nSPS) is 17.8. The van der Waals surface area contributed by atoms with Gasteiger partial charge in [0.25, 0.3) is 0 Å². The third-order valence-corrected chi connectivity index (χ3v) is 5.26. The molecule has 2 N–H and O–H groups in total. The lowest BCUT2D eigenvalue weighted by Crippen LogP contribution is -2.37. The maximum absolute atomic E-state index is 13.4. The fourth-order valence-corrected chi connectivity index (χ4v) is 3.91. The van der Waals surface area contributed by atoms with Crippen LogP contribution in [0.1, 0.15) is 24.0 Å². The Kier molecular flexibility index (Phi) is 4.92. The Labute approximate surface area is 167 Å². The molecular weight excluding hydrogens is 374 g/mol. The van der Waals surface area contributed by atoms with Gasteiger partial charge in [-0.15, -0.1) is 0 Å². The standard InChI is InChI=1S/C23H20F2N2O2/c1-14-22(23(29)26-13-15-7-9-19(24)20(25)11-15)18-12-17(28)8-10-21(18)27(14)16-5-3-2-4-6-16/h2-12,14,22,28H,13H2,1H3,(H,26,29).